The number of benzene rings is 1. The normalized spacial score (nSPS) is 21.8. The van der Waals surface area contributed by atoms with Gasteiger partial charge in [-0.3, -0.25) is 4.90 Å². The van der Waals surface area contributed by atoms with E-state index in [9.17, 15) is 4.79 Å². The summed E-state index contributed by atoms with van der Waals surface area (Å²) in [4.78, 5) is 17.5. The van der Waals surface area contributed by atoms with Crippen LogP contribution in [0.1, 0.15) is 59.1 Å². The summed E-state index contributed by atoms with van der Waals surface area (Å²) < 4.78 is 0. The van der Waals surface area contributed by atoms with E-state index < -0.39 is 0 Å². The molecule has 0 spiro atoms. The number of carbonyl (C=O) groups excluding carboxylic acids is 1. The summed E-state index contributed by atoms with van der Waals surface area (Å²) in [6.07, 6.45) is 1.22. The molecule has 2 N–H and O–H groups in total. The number of amides is 2. The number of nitrogens with one attached hydrogen (secondary N) is 2. The predicted molar refractivity (Wildman–Crippen MR) is 117 cm³/mol. The Kier molecular flexibility index (Phi) is 6.06. The number of hydrogen-bond donors (Lipinski definition) is 2. The topological polar surface area (TPSA) is 47.6 Å². The molecule has 28 heavy (non-hydrogen) atoms. The first-order valence-corrected chi connectivity index (χ1v) is 10.7. The van der Waals surface area contributed by atoms with Gasteiger partial charge in [-0.25, -0.2) is 4.79 Å². The van der Waals surface area contributed by atoms with Gasteiger partial charge in [0.05, 0.1) is 0 Å². The quantitative estimate of drug-likeness (QED) is 0.813. The molecule has 2 fully saturated rings. The van der Waals surface area contributed by atoms with Gasteiger partial charge in [-0.15, -0.1) is 0 Å². The van der Waals surface area contributed by atoms with Crippen LogP contribution in [0, 0.1) is 0 Å². The van der Waals surface area contributed by atoms with Crippen LogP contribution >= 0.6 is 0 Å². The lowest BCUT2D eigenvalue weighted by atomic mass is 9.81. The maximum absolute atomic E-state index is 13.0. The van der Waals surface area contributed by atoms with E-state index >= 15 is 0 Å². The molecule has 2 saturated heterocycles. The Morgan fingerprint density at radius 1 is 1.04 bits per heavy atom. The minimum Gasteiger partial charge on any atom is -0.322 e. The molecule has 2 aliphatic rings. The molecule has 1 aromatic carbocycles. The van der Waals surface area contributed by atoms with Crippen molar-refractivity contribution in [3.05, 3.63) is 29.3 Å². The summed E-state index contributed by atoms with van der Waals surface area (Å²) in [5, 5.41) is 6.68. The van der Waals surface area contributed by atoms with Crippen molar-refractivity contribution in [1.29, 1.82) is 0 Å². The second-order valence-corrected chi connectivity index (χ2v) is 10.4. The Morgan fingerprint density at radius 3 is 2.25 bits per heavy atom. The Morgan fingerprint density at radius 2 is 1.71 bits per heavy atom. The van der Waals surface area contributed by atoms with Gasteiger partial charge in [0.2, 0.25) is 0 Å². The summed E-state index contributed by atoms with van der Waals surface area (Å²) in [6, 6.07) is 7.21. The second kappa shape index (κ2) is 8.03. The third-order valence-corrected chi connectivity index (χ3v) is 6.09. The molecule has 0 aliphatic carbocycles. The van der Waals surface area contributed by atoms with Crippen molar-refractivity contribution in [3.63, 3.8) is 0 Å². The number of hydrogen-bond acceptors (Lipinski definition) is 3. The first kappa shape index (κ1) is 21.1. The lowest BCUT2D eigenvalue weighted by Crippen LogP contribution is -2.53. The number of anilines is 1. The molecule has 5 heteroatoms. The maximum Gasteiger partial charge on any atom is 0.321 e. The average molecular weight is 387 g/mol. The molecule has 2 amide bonds. The third kappa shape index (κ3) is 4.87. The van der Waals surface area contributed by atoms with Gasteiger partial charge in [0.25, 0.3) is 0 Å². The molecule has 1 atom stereocenters. The molecule has 2 heterocycles. The zero-order valence-corrected chi connectivity index (χ0v) is 18.6. The van der Waals surface area contributed by atoms with E-state index in [2.05, 4.69) is 75.3 Å². The fourth-order valence-corrected chi connectivity index (χ4v) is 4.20. The zero-order chi connectivity index (χ0) is 20.5. The van der Waals surface area contributed by atoms with Crippen LogP contribution in [0.3, 0.4) is 0 Å². The van der Waals surface area contributed by atoms with E-state index in [1.165, 1.54) is 17.5 Å². The standard InChI is InChI=1S/C23H38N4O/c1-22(2,3)17-7-8-19(23(4,5)6)20(15-17)25-21(28)27-13-11-26(12-14-27)18-9-10-24-16-18/h7-8,15,18,24H,9-14,16H2,1-6H3,(H,25,28). The lowest BCUT2D eigenvalue weighted by Gasteiger charge is -2.38. The molecule has 1 aromatic rings. The van der Waals surface area contributed by atoms with Crippen molar-refractivity contribution in [2.45, 2.75) is 64.8 Å². The summed E-state index contributed by atoms with van der Waals surface area (Å²) in [7, 11) is 0. The van der Waals surface area contributed by atoms with E-state index in [0.717, 1.165) is 45.0 Å². The molecule has 0 aromatic heterocycles. The fourth-order valence-electron chi connectivity index (χ4n) is 4.20. The highest BCUT2D eigenvalue weighted by Crippen LogP contribution is 2.34. The third-order valence-electron chi connectivity index (χ3n) is 6.09. The van der Waals surface area contributed by atoms with Crippen LogP contribution in [-0.2, 0) is 10.8 Å². The van der Waals surface area contributed by atoms with Gasteiger partial charge in [-0.1, -0.05) is 53.7 Å². The summed E-state index contributed by atoms with van der Waals surface area (Å²) in [5.41, 5.74) is 3.41. The number of urea groups is 1. The average Bonchev–Trinajstić information content (AvgIpc) is 3.14. The highest BCUT2D eigenvalue weighted by Gasteiger charge is 2.29. The molecular weight excluding hydrogens is 348 g/mol. The largest absolute Gasteiger partial charge is 0.322 e. The fraction of sp³-hybridized carbons (Fsp3) is 0.696. The first-order chi connectivity index (χ1) is 13.1. The van der Waals surface area contributed by atoms with Crippen molar-refractivity contribution >= 4 is 11.7 Å². The van der Waals surface area contributed by atoms with Crippen molar-refractivity contribution in [2.24, 2.45) is 0 Å². The Bertz CT molecular complexity index is 688. The van der Waals surface area contributed by atoms with Crippen LogP contribution in [0.15, 0.2) is 18.2 Å². The van der Waals surface area contributed by atoms with Gasteiger partial charge in [-0.2, -0.15) is 0 Å². The summed E-state index contributed by atoms with van der Waals surface area (Å²) in [5.74, 6) is 0. The summed E-state index contributed by atoms with van der Waals surface area (Å²) in [6.45, 7) is 19.0. The van der Waals surface area contributed by atoms with Gasteiger partial charge in [0.15, 0.2) is 0 Å². The minimum atomic E-state index is -0.0206. The van der Waals surface area contributed by atoms with Gasteiger partial charge >= 0.3 is 6.03 Å². The van der Waals surface area contributed by atoms with Gasteiger partial charge in [-0.05, 0) is 41.0 Å². The SMILES string of the molecule is CC(C)(C)c1ccc(C(C)(C)C)c(NC(=O)N2CCN(C3CCNC3)CC2)c1. The first-order valence-electron chi connectivity index (χ1n) is 10.7. The van der Waals surface area contributed by atoms with Gasteiger partial charge in [0.1, 0.15) is 0 Å². The Hall–Kier alpha value is -1.59. The molecular formula is C23H38N4O. The number of nitrogens with zero attached hydrogens (tertiary/aromatic N) is 2. The van der Waals surface area contributed by atoms with Crippen LogP contribution in [-0.4, -0.2) is 61.1 Å². The van der Waals surface area contributed by atoms with Crippen molar-refractivity contribution in [1.82, 2.24) is 15.1 Å². The lowest BCUT2D eigenvalue weighted by molar-refractivity contribution is 0.119. The van der Waals surface area contributed by atoms with Crippen LogP contribution in [0.5, 0.6) is 0 Å². The zero-order valence-electron chi connectivity index (χ0n) is 18.6. The van der Waals surface area contributed by atoms with Crippen LogP contribution in [0.25, 0.3) is 0 Å². The van der Waals surface area contributed by atoms with E-state index in [4.69, 9.17) is 0 Å². The number of rotatable bonds is 2. The van der Waals surface area contributed by atoms with Crippen molar-refractivity contribution < 1.29 is 4.79 Å². The minimum absolute atomic E-state index is 0.0206. The summed E-state index contributed by atoms with van der Waals surface area (Å²) >= 11 is 0. The smallest absolute Gasteiger partial charge is 0.321 e. The van der Waals surface area contributed by atoms with E-state index in [1.807, 2.05) is 4.90 Å². The molecule has 3 rings (SSSR count). The van der Waals surface area contributed by atoms with Crippen LogP contribution in [0.2, 0.25) is 0 Å². The van der Waals surface area contributed by atoms with E-state index in [0.29, 0.717) is 6.04 Å². The molecule has 2 aliphatic heterocycles. The number of piperazine rings is 1. The molecule has 5 nitrogen and oxygen atoms in total. The second-order valence-electron chi connectivity index (χ2n) is 10.4. The van der Waals surface area contributed by atoms with Gasteiger partial charge in [0, 0.05) is 44.5 Å². The molecule has 0 radical (unpaired) electrons. The number of carbonyl (C=O) groups is 1. The maximum atomic E-state index is 13.0. The monoisotopic (exact) mass is 386 g/mol. The molecule has 156 valence electrons. The van der Waals surface area contributed by atoms with E-state index in [-0.39, 0.29) is 16.9 Å². The van der Waals surface area contributed by atoms with E-state index in [1.54, 1.807) is 0 Å². The Labute approximate surface area is 170 Å². The molecule has 1 unspecified atom stereocenters. The molecule has 0 saturated carbocycles. The van der Waals surface area contributed by atoms with Crippen molar-refractivity contribution in [3.8, 4) is 0 Å². The van der Waals surface area contributed by atoms with Crippen LogP contribution < -0.4 is 10.6 Å². The Balaban J connectivity index is 1.70. The van der Waals surface area contributed by atoms with Crippen LogP contribution in [0.4, 0.5) is 10.5 Å². The van der Waals surface area contributed by atoms with Crippen molar-refractivity contribution in [2.75, 3.05) is 44.6 Å². The van der Waals surface area contributed by atoms with Gasteiger partial charge < -0.3 is 15.5 Å². The molecule has 0 bridgehead atoms. The highest BCUT2D eigenvalue weighted by molar-refractivity contribution is 5.90. The highest BCUT2D eigenvalue weighted by atomic mass is 16.2. The predicted octanol–water partition coefficient (Wildman–Crippen LogP) is 3.79.